The van der Waals surface area contributed by atoms with E-state index in [9.17, 15) is 14.9 Å². The van der Waals surface area contributed by atoms with Crippen molar-refractivity contribution in [1.29, 1.82) is 0 Å². The SMILES string of the molecule is CCN(CC1CCCO1)c1ccc([N+](=O)[O-])cc1C(C)=O. The van der Waals surface area contributed by atoms with Crippen LogP contribution in [0.5, 0.6) is 0 Å². The van der Waals surface area contributed by atoms with E-state index in [2.05, 4.69) is 4.90 Å². The van der Waals surface area contributed by atoms with Crippen molar-refractivity contribution in [3.8, 4) is 0 Å². The molecule has 114 valence electrons. The Kier molecular flexibility index (Phi) is 4.90. The first-order valence-electron chi connectivity index (χ1n) is 7.18. The Morgan fingerprint density at radius 1 is 1.52 bits per heavy atom. The van der Waals surface area contributed by atoms with Crippen molar-refractivity contribution in [2.24, 2.45) is 0 Å². The Hall–Kier alpha value is -1.95. The molecule has 1 unspecified atom stereocenters. The van der Waals surface area contributed by atoms with Gasteiger partial charge in [0.15, 0.2) is 5.78 Å². The summed E-state index contributed by atoms with van der Waals surface area (Å²) >= 11 is 0. The third-order valence-electron chi connectivity index (χ3n) is 3.74. The second-order valence-electron chi connectivity index (χ2n) is 5.19. The van der Waals surface area contributed by atoms with Crippen LogP contribution in [-0.4, -0.2) is 36.5 Å². The molecule has 1 atom stereocenters. The molecule has 1 aliphatic heterocycles. The molecule has 0 bridgehead atoms. The van der Waals surface area contributed by atoms with Crippen LogP contribution in [0.25, 0.3) is 0 Å². The number of rotatable bonds is 6. The number of ketones is 1. The molecule has 1 aliphatic rings. The Bertz CT molecular complexity index is 538. The summed E-state index contributed by atoms with van der Waals surface area (Å²) in [6.45, 7) is 5.64. The van der Waals surface area contributed by atoms with Crippen LogP contribution in [0.4, 0.5) is 11.4 Å². The largest absolute Gasteiger partial charge is 0.376 e. The number of carbonyl (C=O) groups is 1. The summed E-state index contributed by atoms with van der Waals surface area (Å²) in [4.78, 5) is 24.3. The van der Waals surface area contributed by atoms with Crippen molar-refractivity contribution in [1.82, 2.24) is 0 Å². The molecule has 0 radical (unpaired) electrons. The van der Waals surface area contributed by atoms with Crippen molar-refractivity contribution in [3.63, 3.8) is 0 Å². The van der Waals surface area contributed by atoms with E-state index in [4.69, 9.17) is 4.74 Å². The van der Waals surface area contributed by atoms with Gasteiger partial charge in [0.2, 0.25) is 0 Å². The van der Waals surface area contributed by atoms with Crippen molar-refractivity contribution in [3.05, 3.63) is 33.9 Å². The lowest BCUT2D eigenvalue weighted by molar-refractivity contribution is -0.384. The fourth-order valence-electron chi connectivity index (χ4n) is 2.63. The highest BCUT2D eigenvalue weighted by Gasteiger charge is 2.22. The maximum Gasteiger partial charge on any atom is 0.270 e. The molecule has 6 nitrogen and oxygen atoms in total. The van der Waals surface area contributed by atoms with Crippen molar-refractivity contribution >= 4 is 17.2 Å². The number of nitro benzene ring substituents is 1. The lowest BCUT2D eigenvalue weighted by Crippen LogP contribution is -2.33. The predicted molar refractivity (Wildman–Crippen MR) is 80.0 cm³/mol. The van der Waals surface area contributed by atoms with Gasteiger partial charge in [0, 0.05) is 43.1 Å². The maximum atomic E-state index is 11.8. The molecule has 6 heteroatoms. The molecule has 21 heavy (non-hydrogen) atoms. The monoisotopic (exact) mass is 292 g/mol. The smallest absolute Gasteiger partial charge is 0.270 e. The van der Waals surface area contributed by atoms with Gasteiger partial charge in [0.25, 0.3) is 5.69 Å². The number of ether oxygens (including phenoxy) is 1. The number of benzene rings is 1. The molecule has 0 amide bonds. The van der Waals surface area contributed by atoms with Gasteiger partial charge in [-0.2, -0.15) is 0 Å². The minimum Gasteiger partial charge on any atom is -0.376 e. The number of hydrogen-bond donors (Lipinski definition) is 0. The van der Waals surface area contributed by atoms with Crippen LogP contribution in [0.1, 0.15) is 37.0 Å². The van der Waals surface area contributed by atoms with Crippen LogP contribution in [0.15, 0.2) is 18.2 Å². The maximum absolute atomic E-state index is 11.8. The lowest BCUT2D eigenvalue weighted by Gasteiger charge is -2.27. The zero-order chi connectivity index (χ0) is 15.4. The quantitative estimate of drug-likeness (QED) is 0.458. The third-order valence-corrected chi connectivity index (χ3v) is 3.74. The number of nitro groups is 1. The van der Waals surface area contributed by atoms with Crippen LogP contribution < -0.4 is 4.90 Å². The van der Waals surface area contributed by atoms with E-state index >= 15 is 0 Å². The standard InChI is InChI=1S/C15H20N2O4/c1-3-16(10-13-5-4-8-21-13)15-7-6-12(17(19)20)9-14(15)11(2)18/h6-7,9,13H,3-5,8,10H2,1-2H3. The minimum atomic E-state index is -0.480. The molecule has 1 aromatic carbocycles. The topological polar surface area (TPSA) is 72.7 Å². The van der Waals surface area contributed by atoms with Gasteiger partial charge in [-0.1, -0.05) is 0 Å². The first kappa shape index (κ1) is 15.4. The van der Waals surface area contributed by atoms with Gasteiger partial charge in [0.1, 0.15) is 0 Å². The summed E-state index contributed by atoms with van der Waals surface area (Å²) in [6, 6.07) is 4.46. The zero-order valence-corrected chi connectivity index (χ0v) is 12.4. The van der Waals surface area contributed by atoms with Gasteiger partial charge in [-0.25, -0.2) is 0 Å². The third kappa shape index (κ3) is 3.58. The number of Topliss-reactive ketones (excluding diaryl/α,β-unsaturated/α-hetero) is 1. The molecule has 0 saturated carbocycles. The Labute approximate surface area is 123 Å². The molecule has 1 heterocycles. The van der Waals surface area contributed by atoms with Gasteiger partial charge >= 0.3 is 0 Å². The normalized spacial score (nSPS) is 17.7. The fraction of sp³-hybridized carbons (Fsp3) is 0.533. The zero-order valence-electron chi connectivity index (χ0n) is 12.4. The summed E-state index contributed by atoms with van der Waals surface area (Å²) in [5.41, 5.74) is 1.08. The van der Waals surface area contributed by atoms with Crippen LogP contribution >= 0.6 is 0 Å². The molecule has 1 fully saturated rings. The molecule has 0 spiro atoms. The van der Waals surface area contributed by atoms with E-state index in [0.717, 1.165) is 31.7 Å². The van der Waals surface area contributed by atoms with Gasteiger partial charge in [0.05, 0.1) is 11.0 Å². The van der Waals surface area contributed by atoms with Crippen LogP contribution in [-0.2, 0) is 4.74 Å². The van der Waals surface area contributed by atoms with E-state index in [0.29, 0.717) is 12.1 Å². The molecule has 0 N–H and O–H groups in total. The number of likely N-dealkylation sites (N-methyl/N-ethyl adjacent to an activating group) is 1. The highest BCUT2D eigenvalue weighted by atomic mass is 16.6. The summed E-state index contributed by atoms with van der Waals surface area (Å²) in [5, 5.41) is 10.9. The van der Waals surface area contributed by atoms with Gasteiger partial charge in [-0.05, 0) is 32.8 Å². The van der Waals surface area contributed by atoms with E-state index in [1.807, 2.05) is 6.92 Å². The molecule has 1 aromatic rings. The van der Waals surface area contributed by atoms with E-state index in [1.165, 1.54) is 19.1 Å². The van der Waals surface area contributed by atoms with Crippen LogP contribution in [0.3, 0.4) is 0 Å². The molecular formula is C15H20N2O4. The minimum absolute atomic E-state index is 0.0582. The molecule has 0 aromatic heterocycles. The molecular weight excluding hydrogens is 272 g/mol. The summed E-state index contributed by atoms with van der Waals surface area (Å²) in [5.74, 6) is -0.167. The second-order valence-corrected chi connectivity index (χ2v) is 5.19. The highest BCUT2D eigenvalue weighted by Crippen LogP contribution is 2.27. The number of anilines is 1. The van der Waals surface area contributed by atoms with Crippen molar-refractivity contribution < 1.29 is 14.5 Å². The number of nitrogens with zero attached hydrogens (tertiary/aromatic N) is 2. The number of hydrogen-bond acceptors (Lipinski definition) is 5. The van der Waals surface area contributed by atoms with E-state index < -0.39 is 4.92 Å². The van der Waals surface area contributed by atoms with Gasteiger partial charge < -0.3 is 9.64 Å². The van der Waals surface area contributed by atoms with Crippen LogP contribution in [0, 0.1) is 10.1 Å². The Morgan fingerprint density at radius 3 is 2.81 bits per heavy atom. The fourth-order valence-corrected chi connectivity index (χ4v) is 2.63. The van der Waals surface area contributed by atoms with E-state index in [1.54, 1.807) is 6.07 Å². The average molecular weight is 292 g/mol. The number of carbonyl (C=O) groups excluding carboxylic acids is 1. The number of non-ortho nitro benzene ring substituents is 1. The Balaban J connectivity index is 2.30. The first-order valence-corrected chi connectivity index (χ1v) is 7.18. The molecule has 2 rings (SSSR count). The summed E-state index contributed by atoms with van der Waals surface area (Å²) in [6.07, 6.45) is 2.24. The van der Waals surface area contributed by atoms with Crippen LogP contribution in [0.2, 0.25) is 0 Å². The second kappa shape index (κ2) is 6.67. The van der Waals surface area contributed by atoms with Gasteiger partial charge in [-0.3, -0.25) is 14.9 Å². The first-order chi connectivity index (χ1) is 10.0. The Morgan fingerprint density at radius 2 is 2.29 bits per heavy atom. The average Bonchev–Trinajstić information content (AvgIpc) is 2.97. The van der Waals surface area contributed by atoms with Crippen molar-refractivity contribution in [2.45, 2.75) is 32.8 Å². The molecule has 0 aliphatic carbocycles. The van der Waals surface area contributed by atoms with Gasteiger partial charge in [-0.15, -0.1) is 0 Å². The van der Waals surface area contributed by atoms with E-state index in [-0.39, 0.29) is 17.6 Å². The molecule has 1 saturated heterocycles. The lowest BCUT2D eigenvalue weighted by atomic mass is 10.1. The predicted octanol–water partition coefficient (Wildman–Crippen LogP) is 2.80. The summed E-state index contributed by atoms with van der Waals surface area (Å²) in [7, 11) is 0. The summed E-state index contributed by atoms with van der Waals surface area (Å²) < 4.78 is 5.63. The highest BCUT2D eigenvalue weighted by molar-refractivity contribution is 6.00. The van der Waals surface area contributed by atoms with Crippen molar-refractivity contribution in [2.75, 3.05) is 24.6 Å².